The molecule has 6 nitrogen and oxygen atoms in total. The number of aryl methyl sites for hydroxylation is 1. The highest BCUT2D eigenvalue weighted by Gasteiger charge is 2.26. The maximum absolute atomic E-state index is 10.9. The Balaban J connectivity index is 1.82. The maximum atomic E-state index is 10.9. The van der Waals surface area contributed by atoms with Crippen LogP contribution >= 0.6 is 0 Å². The lowest BCUT2D eigenvalue weighted by Gasteiger charge is -2.09. The minimum atomic E-state index is 0.139. The monoisotopic (exact) mass is 437 g/mol. The largest absolute Gasteiger partial charge is 0.507 e. The van der Waals surface area contributed by atoms with Crippen LogP contribution in [0.3, 0.4) is 0 Å². The van der Waals surface area contributed by atoms with Crippen molar-refractivity contribution >= 4 is 11.0 Å². The predicted molar refractivity (Wildman–Crippen MR) is 128 cm³/mol. The van der Waals surface area contributed by atoms with E-state index in [4.69, 9.17) is 24.1 Å². The standard InChI is InChI=1S/C27H23N3O3/c1-15-16(2)21(31)20-22(17(15)3)33-24(23(20)32-4)27-29-25(18-11-7-5-8-12-18)28-26(30-27)19-13-9-6-10-14-19/h5-14,31H,1-4H3. The van der Waals surface area contributed by atoms with E-state index in [1.165, 1.54) is 0 Å². The Hall–Kier alpha value is -4.19. The molecule has 0 spiro atoms. The lowest BCUT2D eigenvalue weighted by molar-refractivity contribution is 0.410. The van der Waals surface area contributed by atoms with E-state index in [0.29, 0.717) is 40.0 Å². The number of benzene rings is 3. The van der Waals surface area contributed by atoms with E-state index in [1.54, 1.807) is 7.11 Å². The zero-order valence-corrected chi connectivity index (χ0v) is 18.9. The van der Waals surface area contributed by atoms with Crippen LogP contribution in [-0.4, -0.2) is 27.2 Å². The first-order valence-electron chi connectivity index (χ1n) is 10.7. The first-order valence-corrected chi connectivity index (χ1v) is 10.7. The molecule has 3 aromatic carbocycles. The van der Waals surface area contributed by atoms with Gasteiger partial charge in [-0.1, -0.05) is 60.7 Å². The topological polar surface area (TPSA) is 81.3 Å². The molecule has 0 bridgehead atoms. The summed E-state index contributed by atoms with van der Waals surface area (Å²) in [4.78, 5) is 14.2. The van der Waals surface area contributed by atoms with E-state index < -0.39 is 0 Å². The van der Waals surface area contributed by atoms with Crippen molar-refractivity contribution in [2.75, 3.05) is 7.11 Å². The molecule has 0 fully saturated rings. The van der Waals surface area contributed by atoms with Gasteiger partial charge in [0.05, 0.1) is 7.11 Å². The molecule has 2 aromatic heterocycles. The van der Waals surface area contributed by atoms with Gasteiger partial charge >= 0.3 is 0 Å². The van der Waals surface area contributed by atoms with Crippen LogP contribution in [0.5, 0.6) is 11.5 Å². The summed E-state index contributed by atoms with van der Waals surface area (Å²) in [5.41, 5.74) is 4.97. The number of rotatable bonds is 4. The van der Waals surface area contributed by atoms with Gasteiger partial charge in [0.15, 0.2) is 17.4 Å². The van der Waals surface area contributed by atoms with E-state index >= 15 is 0 Å². The normalized spacial score (nSPS) is 11.2. The van der Waals surface area contributed by atoms with Gasteiger partial charge in [0.2, 0.25) is 11.6 Å². The van der Waals surface area contributed by atoms with Crippen LogP contribution in [-0.2, 0) is 0 Å². The van der Waals surface area contributed by atoms with E-state index in [9.17, 15) is 5.11 Å². The van der Waals surface area contributed by atoms with Gasteiger partial charge < -0.3 is 14.3 Å². The molecule has 0 radical (unpaired) electrons. The van der Waals surface area contributed by atoms with Gasteiger partial charge in [0.25, 0.3) is 0 Å². The highest BCUT2D eigenvalue weighted by molar-refractivity contribution is 5.98. The Kier molecular flexibility index (Phi) is 5.05. The lowest BCUT2D eigenvalue weighted by atomic mass is 10.00. The summed E-state index contributed by atoms with van der Waals surface area (Å²) in [7, 11) is 1.55. The molecule has 2 heterocycles. The Morgan fingerprint density at radius 2 is 1.21 bits per heavy atom. The van der Waals surface area contributed by atoms with Crippen LogP contribution in [0.15, 0.2) is 65.1 Å². The van der Waals surface area contributed by atoms with Crippen molar-refractivity contribution in [2.24, 2.45) is 0 Å². The molecule has 6 heteroatoms. The van der Waals surface area contributed by atoms with E-state index in [-0.39, 0.29) is 5.75 Å². The third-order valence-corrected chi connectivity index (χ3v) is 6.03. The Morgan fingerprint density at radius 3 is 1.73 bits per heavy atom. The average molecular weight is 437 g/mol. The van der Waals surface area contributed by atoms with Gasteiger partial charge in [0.1, 0.15) is 16.7 Å². The van der Waals surface area contributed by atoms with Crippen molar-refractivity contribution in [2.45, 2.75) is 20.8 Å². The number of furan rings is 1. The van der Waals surface area contributed by atoms with Crippen molar-refractivity contribution in [3.8, 4) is 45.9 Å². The SMILES string of the molecule is COc1c(-c2nc(-c3ccccc3)nc(-c3ccccc3)n2)oc2c(C)c(C)c(C)c(O)c12. The van der Waals surface area contributed by atoms with Gasteiger partial charge in [-0.2, -0.15) is 0 Å². The van der Waals surface area contributed by atoms with Crippen molar-refractivity contribution < 1.29 is 14.3 Å². The zero-order valence-electron chi connectivity index (χ0n) is 18.9. The summed E-state index contributed by atoms with van der Waals surface area (Å²) in [5, 5.41) is 11.4. The fraction of sp³-hybridized carbons (Fsp3) is 0.148. The molecule has 1 N–H and O–H groups in total. The third-order valence-electron chi connectivity index (χ3n) is 6.03. The number of methoxy groups -OCH3 is 1. The number of nitrogens with zero attached hydrogens (tertiary/aromatic N) is 3. The summed E-state index contributed by atoms with van der Waals surface area (Å²) < 4.78 is 12.0. The van der Waals surface area contributed by atoms with E-state index in [1.807, 2.05) is 81.4 Å². The second-order valence-corrected chi connectivity index (χ2v) is 7.93. The molecular formula is C27H23N3O3. The van der Waals surface area contributed by atoms with Crippen LogP contribution in [0, 0.1) is 20.8 Å². The molecule has 0 aliphatic rings. The summed E-state index contributed by atoms with van der Waals surface area (Å²) in [5.74, 6) is 2.28. The van der Waals surface area contributed by atoms with Crippen molar-refractivity contribution in [3.63, 3.8) is 0 Å². The first kappa shape index (κ1) is 20.7. The van der Waals surface area contributed by atoms with Crippen molar-refractivity contribution in [1.29, 1.82) is 0 Å². The van der Waals surface area contributed by atoms with Gasteiger partial charge in [-0.15, -0.1) is 0 Å². The first-order chi connectivity index (χ1) is 16.0. The Bertz CT molecular complexity index is 1420. The number of fused-ring (bicyclic) bond motifs is 1. The summed E-state index contributed by atoms with van der Waals surface area (Å²) in [6, 6.07) is 19.5. The number of hydrogen-bond donors (Lipinski definition) is 1. The minimum Gasteiger partial charge on any atom is -0.507 e. The smallest absolute Gasteiger partial charge is 0.214 e. The molecule has 0 aliphatic heterocycles. The lowest BCUT2D eigenvalue weighted by Crippen LogP contribution is -2.00. The van der Waals surface area contributed by atoms with E-state index in [0.717, 1.165) is 27.8 Å². The highest BCUT2D eigenvalue weighted by Crippen LogP contribution is 2.47. The van der Waals surface area contributed by atoms with Gasteiger partial charge in [-0.25, -0.2) is 15.0 Å². The maximum Gasteiger partial charge on any atom is 0.214 e. The van der Waals surface area contributed by atoms with Gasteiger partial charge in [-0.05, 0) is 37.5 Å². The summed E-state index contributed by atoms with van der Waals surface area (Å²) >= 11 is 0. The number of ether oxygens (including phenoxy) is 1. The minimum absolute atomic E-state index is 0.139. The summed E-state index contributed by atoms with van der Waals surface area (Å²) in [6.07, 6.45) is 0. The predicted octanol–water partition coefficient (Wildman–Crippen LogP) is 6.26. The van der Waals surface area contributed by atoms with Crippen LogP contribution in [0.2, 0.25) is 0 Å². The summed E-state index contributed by atoms with van der Waals surface area (Å²) in [6.45, 7) is 5.81. The van der Waals surface area contributed by atoms with Gasteiger partial charge in [0, 0.05) is 11.1 Å². The molecule has 0 amide bonds. The molecule has 0 saturated heterocycles. The fourth-order valence-corrected chi connectivity index (χ4v) is 3.96. The second-order valence-electron chi connectivity index (χ2n) is 7.93. The molecule has 0 unspecified atom stereocenters. The van der Waals surface area contributed by atoms with Crippen LogP contribution in [0.25, 0.3) is 45.3 Å². The number of aromatic nitrogens is 3. The molecule has 0 aliphatic carbocycles. The van der Waals surface area contributed by atoms with Crippen molar-refractivity contribution in [1.82, 2.24) is 15.0 Å². The Labute approximate surface area is 191 Å². The van der Waals surface area contributed by atoms with Crippen LogP contribution in [0.1, 0.15) is 16.7 Å². The molecule has 164 valence electrons. The fourth-order valence-electron chi connectivity index (χ4n) is 3.96. The molecule has 33 heavy (non-hydrogen) atoms. The molecule has 0 atom stereocenters. The molecule has 5 rings (SSSR count). The number of phenols is 1. The number of hydrogen-bond acceptors (Lipinski definition) is 6. The van der Waals surface area contributed by atoms with Gasteiger partial charge in [-0.3, -0.25) is 0 Å². The molecule has 0 saturated carbocycles. The number of aromatic hydroxyl groups is 1. The molecule has 5 aromatic rings. The van der Waals surface area contributed by atoms with E-state index in [2.05, 4.69) is 0 Å². The zero-order chi connectivity index (χ0) is 23.1. The average Bonchev–Trinajstić information content (AvgIpc) is 3.27. The van der Waals surface area contributed by atoms with Crippen LogP contribution < -0.4 is 4.74 Å². The third kappa shape index (κ3) is 3.40. The Morgan fingerprint density at radius 1 is 0.697 bits per heavy atom. The number of phenolic OH excluding ortho intramolecular Hbond substituents is 1. The quantitative estimate of drug-likeness (QED) is 0.357. The van der Waals surface area contributed by atoms with Crippen molar-refractivity contribution in [3.05, 3.63) is 77.4 Å². The second kappa shape index (κ2) is 8.06. The van der Waals surface area contributed by atoms with Crippen LogP contribution in [0.4, 0.5) is 0 Å². The highest BCUT2D eigenvalue weighted by atomic mass is 16.5. The molecular weight excluding hydrogens is 414 g/mol.